The quantitative estimate of drug-likeness (QED) is 0.339. The molecular weight excluding hydrogens is 510 g/mol. The zero-order valence-corrected chi connectivity index (χ0v) is 17.3. The molecule has 23 heavy (non-hydrogen) atoms. The minimum atomic E-state index is 0.119. The summed E-state index contributed by atoms with van der Waals surface area (Å²) >= 11 is 15.1. The lowest BCUT2D eigenvalue weighted by atomic mass is 10.2. The summed E-state index contributed by atoms with van der Waals surface area (Å²) in [6.45, 7) is 0.473. The van der Waals surface area contributed by atoms with Crippen molar-refractivity contribution in [2.75, 3.05) is 0 Å². The second-order valence-corrected chi connectivity index (χ2v) is 7.53. The first-order valence-electron chi connectivity index (χ1n) is 6.40. The molecule has 0 atom stereocenters. The standard InChI is InChI=1S/C15H12Br3N3OS/c16-11-3-1-9(2-4-11)8-22-14-12(17)5-10(6-13(14)18)7-20-21-15(19)23/h1-7H,8H2,(H3,19,21,23)/b20-7-. The van der Waals surface area contributed by atoms with Crippen molar-refractivity contribution >= 4 is 71.3 Å². The molecule has 0 aromatic heterocycles. The van der Waals surface area contributed by atoms with Crippen molar-refractivity contribution < 1.29 is 4.74 Å². The highest BCUT2D eigenvalue weighted by atomic mass is 79.9. The summed E-state index contributed by atoms with van der Waals surface area (Å²) in [5.74, 6) is 0.729. The van der Waals surface area contributed by atoms with Crippen molar-refractivity contribution in [2.24, 2.45) is 10.8 Å². The number of thiocarbonyl (C=S) groups is 1. The van der Waals surface area contributed by atoms with Gasteiger partial charge in [-0.3, -0.25) is 5.43 Å². The third-order valence-electron chi connectivity index (χ3n) is 2.71. The first-order chi connectivity index (χ1) is 11.0. The number of hydrazone groups is 1. The van der Waals surface area contributed by atoms with Gasteiger partial charge in [0.2, 0.25) is 0 Å². The number of rotatable bonds is 5. The molecule has 0 saturated carbocycles. The van der Waals surface area contributed by atoms with Gasteiger partial charge in [-0.05, 0) is 79.5 Å². The number of nitrogens with zero attached hydrogens (tertiary/aromatic N) is 1. The van der Waals surface area contributed by atoms with Gasteiger partial charge in [0.15, 0.2) is 5.11 Å². The van der Waals surface area contributed by atoms with E-state index in [2.05, 4.69) is 70.5 Å². The molecule has 0 amide bonds. The molecule has 0 radical (unpaired) electrons. The average Bonchev–Trinajstić information content (AvgIpc) is 2.48. The predicted molar refractivity (Wildman–Crippen MR) is 108 cm³/mol. The van der Waals surface area contributed by atoms with E-state index < -0.39 is 0 Å². The first-order valence-corrected chi connectivity index (χ1v) is 9.19. The van der Waals surface area contributed by atoms with Crippen LogP contribution in [0.1, 0.15) is 11.1 Å². The van der Waals surface area contributed by atoms with Crippen molar-refractivity contribution in [3.63, 3.8) is 0 Å². The van der Waals surface area contributed by atoms with Crippen LogP contribution < -0.4 is 15.9 Å². The van der Waals surface area contributed by atoms with E-state index in [0.717, 1.165) is 30.3 Å². The lowest BCUT2D eigenvalue weighted by molar-refractivity contribution is 0.302. The van der Waals surface area contributed by atoms with Gasteiger partial charge in [-0.15, -0.1) is 0 Å². The van der Waals surface area contributed by atoms with Gasteiger partial charge in [0.05, 0.1) is 15.2 Å². The largest absolute Gasteiger partial charge is 0.487 e. The average molecular weight is 522 g/mol. The fraction of sp³-hybridized carbons (Fsp3) is 0.0667. The van der Waals surface area contributed by atoms with Crippen LogP contribution in [0.5, 0.6) is 5.75 Å². The number of nitrogens with one attached hydrogen (secondary N) is 1. The highest BCUT2D eigenvalue weighted by Crippen LogP contribution is 2.35. The van der Waals surface area contributed by atoms with Gasteiger partial charge >= 0.3 is 0 Å². The third-order valence-corrected chi connectivity index (χ3v) is 4.50. The van der Waals surface area contributed by atoms with Gasteiger partial charge in [0, 0.05) is 4.47 Å². The normalized spacial score (nSPS) is 10.7. The zero-order valence-electron chi connectivity index (χ0n) is 11.7. The summed E-state index contributed by atoms with van der Waals surface area (Å²) < 4.78 is 8.56. The summed E-state index contributed by atoms with van der Waals surface area (Å²) in [6.07, 6.45) is 1.62. The summed E-state index contributed by atoms with van der Waals surface area (Å²) in [5.41, 5.74) is 9.77. The van der Waals surface area contributed by atoms with Crippen molar-refractivity contribution in [1.29, 1.82) is 0 Å². The Kier molecular flexibility index (Phi) is 7.01. The minimum absolute atomic E-state index is 0.119. The molecule has 0 aliphatic rings. The second-order valence-electron chi connectivity index (χ2n) is 4.46. The van der Waals surface area contributed by atoms with Gasteiger partial charge in [-0.25, -0.2) is 0 Å². The molecule has 0 bridgehead atoms. The van der Waals surface area contributed by atoms with E-state index in [1.807, 2.05) is 36.4 Å². The van der Waals surface area contributed by atoms with Crippen LogP contribution in [0, 0.1) is 0 Å². The van der Waals surface area contributed by atoms with E-state index in [0.29, 0.717) is 6.61 Å². The highest BCUT2D eigenvalue weighted by molar-refractivity contribution is 9.11. The first kappa shape index (κ1) is 18.4. The van der Waals surface area contributed by atoms with Crippen LogP contribution in [-0.4, -0.2) is 11.3 Å². The molecule has 0 saturated heterocycles. The molecule has 2 aromatic rings. The number of ether oxygens (including phenoxy) is 1. The van der Waals surface area contributed by atoms with E-state index in [4.69, 9.17) is 10.5 Å². The SMILES string of the molecule is NC(=S)N/N=C\c1cc(Br)c(OCc2ccc(Br)cc2)c(Br)c1. The second kappa shape index (κ2) is 8.77. The van der Waals surface area contributed by atoms with Gasteiger partial charge < -0.3 is 10.5 Å². The highest BCUT2D eigenvalue weighted by Gasteiger charge is 2.09. The maximum absolute atomic E-state index is 5.88. The van der Waals surface area contributed by atoms with Gasteiger partial charge in [0.1, 0.15) is 12.4 Å². The van der Waals surface area contributed by atoms with E-state index in [-0.39, 0.29) is 5.11 Å². The van der Waals surface area contributed by atoms with Crippen LogP contribution >= 0.6 is 60.0 Å². The van der Waals surface area contributed by atoms with Crippen LogP contribution in [0.25, 0.3) is 0 Å². The van der Waals surface area contributed by atoms with Crippen molar-refractivity contribution in [2.45, 2.75) is 6.61 Å². The third kappa shape index (κ3) is 5.87. The molecule has 2 aromatic carbocycles. The van der Waals surface area contributed by atoms with Crippen molar-refractivity contribution in [3.05, 3.63) is 60.9 Å². The molecule has 4 nitrogen and oxygen atoms in total. The molecule has 0 fully saturated rings. The van der Waals surface area contributed by atoms with Crippen molar-refractivity contribution in [3.8, 4) is 5.75 Å². The number of benzene rings is 2. The van der Waals surface area contributed by atoms with Crippen molar-refractivity contribution in [1.82, 2.24) is 5.43 Å². The van der Waals surface area contributed by atoms with E-state index in [1.54, 1.807) is 6.21 Å². The summed E-state index contributed by atoms with van der Waals surface area (Å²) in [7, 11) is 0. The molecule has 0 unspecified atom stereocenters. The number of hydrogen-bond acceptors (Lipinski definition) is 3. The molecule has 0 spiro atoms. The Bertz CT molecular complexity index is 712. The van der Waals surface area contributed by atoms with E-state index in [1.165, 1.54) is 0 Å². The summed E-state index contributed by atoms with van der Waals surface area (Å²) in [5, 5.41) is 4.05. The van der Waals surface area contributed by atoms with Crippen LogP contribution in [0.4, 0.5) is 0 Å². The van der Waals surface area contributed by atoms with Gasteiger partial charge in [-0.1, -0.05) is 28.1 Å². The molecule has 0 aliphatic carbocycles. The van der Waals surface area contributed by atoms with Gasteiger partial charge in [-0.2, -0.15) is 5.10 Å². The number of hydrogen-bond donors (Lipinski definition) is 2. The zero-order chi connectivity index (χ0) is 16.8. The molecule has 2 rings (SSSR count). The Hall–Kier alpha value is -0.960. The van der Waals surface area contributed by atoms with Crippen LogP contribution in [-0.2, 0) is 6.61 Å². The van der Waals surface area contributed by atoms with E-state index >= 15 is 0 Å². The molecule has 0 heterocycles. The predicted octanol–water partition coefficient (Wildman–Crippen LogP) is 4.72. The Balaban J connectivity index is 2.09. The Labute approximate surface area is 164 Å². The molecule has 8 heteroatoms. The number of nitrogens with two attached hydrogens (primary N) is 1. The Morgan fingerprint density at radius 2 is 1.78 bits per heavy atom. The van der Waals surface area contributed by atoms with Gasteiger partial charge in [0.25, 0.3) is 0 Å². The van der Waals surface area contributed by atoms with Crippen LogP contribution in [0.15, 0.2) is 54.9 Å². The minimum Gasteiger partial charge on any atom is -0.487 e. The summed E-state index contributed by atoms with van der Waals surface area (Å²) in [6, 6.07) is 11.8. The maximum Gasteiger partial charge on any atom is 0.184 e. The lowest BCUT2D eigenvalue weighted by Crippen LogP contribution is -2.23. The van der Waals surface area contributed by atoms with Crippen LogP contribution in [0.2, 0.25) is 0 Å². The van der Waals surface area contributed by atoms with Crippen LogP contribution in [0.3, 0.4) is 0 Å². The molecule has 0 aliphatic heterocycles. The number of halogens is 3. The van der Waals surface area contributed by atoms with E-state index in [9.17, 15) is 0 Å². The lowest BCUT2D eigenvalue weighted by Gasteiger charge is -2.11. The maximum atomic E-state index is 5.88. The Morgan fingerprint density at radius 3 is 2.35 bits per heavy atom. The topological polar surface area (TPSA) is 59.6 Å². The fourth-order valence-electron chi connectivity index (χ4n) is 1.70. The molecular formula is C15H12Br3N3OS. The Morgan fingerprint density at radius 1 is 1.17 bits per heavy atom. The monoisotopic (exact) mass is 519 g/mol. The summed E-state index contributed by atoms with van der Waals surface area (Å²) in [4.78, 5) is 0. The molecule has 3 N–H and O–H groups in total. The fourth-order valence-corrected chi connectivity index (χ4v) is 3.47. The smallest absolute Gasteiger partial charge is 0.184 e. The molecule has 120 valence electrons.